The summed E-state index contributed by atoms with van der Waals surface area (Å²) >= 11 is 6.28. The maximum Gasteiger partial charge on any atom is 0.0584 e. The van der Waals surface area contributed by atoms with Gasteiger partial charge in [-0.05, 0) is 53.4 Å². The lowest BCUT2D eigenvalue weighted by atomic mass is 9.81. The van der Waals surface area contributed by atoms with Crippen LogP contribution in [-0.4, -0.2) is 53.6 Å². The number of fused-ring (bicyclic) bond motifs is 1. The van der Waals surface area contributed by atoms with Crippen LogP contribution < -0.4 is 4.90 Å². The molecular weight excluding hydrogens is 488 g/mol. The third-order valence-electron chi connectivity index (χ3n) is 8.42. The number of hydrogen-bond acceptors (Lipinski definition) is 3. The van der Waals surface area contributed by atoms with E-state index in [0.29, 0.717) is 12.0 Å². The van der Waals surface area contributed by atoms with Crippen LogP contribution in [0.2, 0.25) is 5.02 Å². The van der Waals surface area contributed by atoms with E-state index in [1.807, 2.05) is 6.07 Å². The molecule has 6 rings (SSSR count). The number of rotatable bonds is 7. The zero-order valence-electron chi connectivity index (χ0n) is 22.2. The Labute approximate surface area is 232 Å². The van der Waals surface area contributed by atoms with Gasteiger partial charge in [0, 0.05) is 81.4 Å². The summed E-state index contributed by atoms with van der Waals surface area (Å²) in [4.78, 5) is 7.88. The van der Waals surface area contributed by atoms with Crippen LogP contribution in [-0.2, 0) is 20.0 Å². The third-order valence-corrected chi connectivity index (χ3v) is 8.66. The van der Waals surface area contributed by atoms with Crippen LogP contribution >= 0.6 is 11.6 Å². The van der Waals surface area contributed by atoms with E-state index < -0.39 is 0 Å². The Balaban J connectivity index is 1.26. The van der Waals surface area contributed by atoms with Gasteiger partial charge in [0.2, 0.25) is 0 Å². The van der Waals surface area contributed by atoms with Crippen molar-refractivity contribution in [2.45, 2.75) is 24.9 Å². The molecule has 0 bridgehead atoms. The van der Waals surface area contributed by atoms with E-state index in [4.69, 9.17) is 11.6 Å². The highest BCUT2D eigenvalue weighted by Gasteiger charge is 2.38. The molecule has 2 aliphatic heterocycles. The minimum atomic E-state index is 0.347. The van der Waals surface area contributed by atoms with Gasteiger partial charge < -0.3 is 9.47 Å². The molecule has 2 aliphatic rings. The first-order valence-corrected chi connectivity index (χ1v) is 14.2. The Morgan fingerprint density at radius 1 is 0.816 bits per heavy atom. The van der Waals surface area contributed by atoms with Gasteiger partial charge in [-0.2, -0.15) is 0 Å². The van der Waals surface area contributed by atoms with Gasteiger partial charge in [-0.25, -0.2) is 0 Å². The molecule has 0 amide bonds. The average molecular weight is 525 g/mol. The highest BCUT2D eigenvalue weighted by molar-refractivity contribution is 6.30. The van der Waals surface area contributed by atoms with Crippen molar-refractivity contribution in [3.8, 4) is 0 Å². The molecule has 3 heterocycles. The molecule has 0 aliphatic carbocycles. The second-order valence-electron chi connectivity index (χ2n) is 10.8. The van der Waals surface area contributed by atoms with Crippen molar-refractivity contribution in [3.63, 3.8) is 0 Å². The van der Waals surface area contributed by atoms with Crippen molar-refractivity contribution in [1.82, 2.24) is 14.4 Å². The molecule has 4 aromatic rings. The Bertz CT molecular complexity index is 1340. The van der Waals surface area contributed by atoms with Crippen LogP contribution in [0.5, 0.6) is 0 Å². The van der Waals surface area contributed by atoms with E-state index in [1.165, 1.54) is 28.1 Å². The van der Waals surface area contributed by atoms with Gasteiger partial charge in [0.05, 0.1) is 6.04 Å². The molecule has 38 heavy (non-hydrogen) atoms. The monoisotopic (exact) mass is 524 g/mol. The molecule has 0 radical (unpaired) electrons. The second-order valence-corrected chi connectivity index (χ2v) is 11.2. The lowest BCUT2D eigenvalue weighted by Crippen LogP contribution is -2.50. The van der Waals surface area contributed by atoms with Crippen LogP contribution in [0.3, 0.4) is 0 Å². The van der Waals surface area contributed by atoms with Crippen LogP contribution in [0.1, 0.15) is 34.3 Å². The van der Waals surface area contributed by atoms with Crippen LogP contribution in [0.4, 0.5) is 5.69 Å². The van der Waals surface area contributed by atoms with E-state index >= 15 is 0 Å². The van der Waals surface area contributed by atoms with Gasteiger partial charge in [0.1, 0.15) is 0 Å². The Morgan fingerprint density at radius 2 is 1.61 bits per heavy atom. The molecule has 0 N–H and O–H groups in total. The average Bonchev–Trinajstić information content (AvgIpc) is 3.38. The maximum absolute atomic E-state index is 6.28. The van der Waals surface area contributed by atoms with E-state index in [1.54, 1.807) is 0 Å². The van der Waals surface area contributed by atoms with Gasteiger partial charge >= 0.3 is 0 Å². The fourth-order valence-corrected chi connectivity index (χ4v) is 6.61. The number of anilines is 1. The van der Waals surface area contributed by atoms with Gasteiger partial charge in [-0.1, -0.05) is 72.3 Å². The fraction of sp³-hybridized carbons (Fsp3) is 0.333. The minimum Gasteiger partial charge on any atom is -0.369 e. The summed E-state index contributed by atoms with van der Waals surface area (Å²) in [6, 6.07) is 33.2. The van der Waals surface area contributed by atoms with Crippen molar-refractivity contribution in [3.05, 3.63) is 125 Å². The van der Waals surface area contributed by atoms with E-state index in [0.717, 1.165) is 57.3 Å². The molecule has 1 fully saturated rings. The van der Waals surface area contributed by atoms with Gasteiger partial charge in [0.25, 0.3) is 0 Å². The predicted octanol–water partition coefficient (Wildman–Crippen LogP) is 6.38. The lowest BCUT2D eigenvalue weighted by Gasteiger charge is -2.46. The van der Waals surface area contributed by atoms with Gasteiger partial charge in [-0.3, -0.25) is 9.80 Å². The summed E-state index contributed by atoms with van der Waals surface area (Å²) in [5, 5.41) is 0.810. The van der Waals surface area contributed by atoms with Crippen molar-refractivity contribution in [2.75, 3.05) is 44.2 Å². The number of aryl methyl sites for hydroxylation is 1. The number of hydrogen-bond donors (Lipinski definition) is 0. The smallest absolute Gasteiger partial charge is 0.0584 e. The number of nitrogens with zero attached hydrogens (tertiary/aromatic N) is 4. The molecule has 196 valence electrons. The summed E-state index contributed by atoms with van der Waals surface area (Å²) < 4.78 is 2.33. The number of aromatic nitrogens is 1. The predicted molar refractivity (Wildman–Crippen MR) is 158 cm³/mol. The quantitative estimate of drug-likeness (QED) is 0.278. The van der Waals surface area contributed by atoms with Crippen LogP contribution in [0, 0.1) is 0 Å². The SMILES string of the molecule is Cn1cccc1[C@@H]1[C@@H](CN2CCN(c3cccc(Cl)c3)CC2)c2ccccc2CN1CCc1ccccc1. The van der Waals surface area contributed by atoms with Crippen molar-refractivity contribution < 1.29 is 0 Å². The lowest BCUT2D eigenvalue weighted by molar-refractivity contribution is 0.113. The summed E-state index contributed by atoms with van der Waals surface area (Å²) in [6.45, 7) is 7.30. The number of benzene rings is 3. The van der Waals surface area contributed by atoms with Gasteiger partial charge in [-0.15, -0.1) is 0 Å². The van der Waals surface area contributed by atoms with E-state index in [2.05, 4.69) is 117 Å². The third kappa shape index (κ3) is 5.40. The number of halogens is 1. The molecule has 1 saturated heterocycles. The first kappa shape index (κ1) is 25.2. The molecule has 0 spiro atoms. The molecule has 1 aromatic heterocycles. The minimum absolute atomic E-state index is 0.347. The molecule has 5 heteroatoms. The van der Waals surface area contributed by atoms with Gasteiger partial charge in [0.15, 0.2) is 0 Å². The van der Waals surface area contributed by atoms with E-state index in [9.17, 15) is 0 Å². The first-order chi connectivity index (χ1) is 18.7. The fourth-order valence-electron chi connectivity index (χ4n) is 6.43. The topological polar surface area (TPSA) is 14.7 Å². The normalized spacial score (nSPS) is 20.4. The Morgan fingerprint density at radius 3 is 2.37 bits per heavy atom. The maximum atomic E-state index is 6.28. The van der Waals surface area contributed by atoms with Crippen LogP contribution in [0.25, 0.3) is 0 Å². The zero-order valence-corrected chi connectivity index (χ0v) is 23.0. The molecule has 0 saturated carbocycles. The summed E-state index contributed by atoms with van der Waals surface area (Å²) in [5.41, 5.74) is 7.05. The molecular formula is C33H37ClN4. The Kier molecular flexibility index (Phi) is 7.55. The van der Waals surface area contributed by atoms with Crippen molar-refractivity contribution in [2.24, 2.45) is 7.05 Å². The second kappa shape index (κ2) is 11.4. The first-order valence-electron chi connectivity index (χ1n) is 13.9. The van der Waals surface area contributed by atoms with Crippen molar-refractivity contribution >= 4 is 17.3 Å². The summed E-state index contributed by atoms with van der Waals surface area (Å²) in [5.74, 6) is 0.419. The molecule has 4 nitrogen and oxygen atoms in total. The highest BCUT2D eigenvalue weighted by Crippen LogP contribution is 2.43. The highest BCUT2D eigenvalue weighted by atomic mass is 35.5. The summed E-state index contributed by atoms with van der Waals surface area (Å²) in [6.07, 6.45) is 3.26. The standard InChI is InChI=1S/C33H37ClN4/c1-35-17-8-15-32(35)33-31(25-36-19-21-37(22-20-36)29-13-7-12-28(34)23-29)30-14-6-5-11-27(30)24-38(33)18-16-26-9-3-2-4-10-26/h2-15,17,23,31,33H,16,18-22,24-25H2,1H3/t31-,33-/m0/s1. The summed E-state index contributed by atoms with van der Waals surface area (Å²) in [7, 11) is 2.20. The van der Waals surface area contributed by atoms with Crippen LogP contribution in [0.15, 0.2) is 97.2 Å². The molecule has 3 aromatic carbocycles. The zero-order chi connectivity index (χ0) is 25.9. The Hall–Kier alpha value is -3.05. The largest absolute Gasteiger partial charge is 0.369 e. The molecule has 0 unspecified atom stereocenters. The molecule has 2 atom stereocenters. The number of piperazine rings is 1. The van der Waals surface area contributed by atoms with Crippen molar-refractivity contribution in [1.29, 1.82) is 0 Å². The van der Waals surface area contributed by atoms with E-state index in [-0.39, 0.29) is 0 Å².